The number of hydrogen-bond acceptors (Lipinski definition) is 3. The number of benzene rings is 2. The smallest absolute Gasteiger partial charge is 0.251 e. The van der Waals surface area contributed by atoms with Gasteiger partial charge in [-0.05, 0) is 48.6 Å². The third-order valence-electron chi connectivity index (χ3n) is 4.91. The van der Waals surface area contributed by atoms with Crippen molar-refractivity contribution in [1.82, 2.24) is 10.2 Å². The van der Waals surface area contributed by atoms with Crippen molar-refractivity contribution in [2.45, 2.75) is 39.3 Å². The van der Waals surface area contributed by atoms with Gasteiger partial charge >= 0.3 is 0 Å². The molecule has 0 saturated carbocycles. The Balaban J connectivity index is 1.45. The van der Waals surface area contributed by atoms with E-state index in [9.17, 15) is 4.79 Å². The topological polar surface area (TPSA) is 41.6 Å². The highest BCUT2D eigenvalue weighted by molar-refractivity contribution is 5.94. The van der Waals surface area contributed by atoms with Gasteiger partial charge in [0.15, 0.2) is 0 Å². The van der Waals surface area contributed by atoms with Crippen molar-refractivity contribution in [3.05, 3.63) is 65.7 Å². The highest BCUT2D eigenvalue weighted by Crippen LogP contribution is 2.16. The number of nitrogens with zero attached hydrogens (tertiary/aromatic N) is 1. The van der Waals surface area contributed by atoms with E-state index < -0.39 is 0 Å². The molecule has 0 unspecified atom stereocenters. The third kappa shape index (κ3) is 6.10. The number of rotatable bonds is 7. The summed E-state index contributed by atoms with van der Waals surface area (Å²) in [5.74, 6) is 1.48. The zero-order chi connectivity index (χ0) is 19.1. The minimum Gasteiger partial charge on any atom is -0.489 e. The number of carbonyl (C=O) groups excluding carboxylic acids is 1. The van der Waals surface area contributed by atoms with Crippen molar-refractivity contribution in [3.63, 3.8) is 0 Å². The molecule has 0 radical (unpaired) electrons. The van der Waals surface area contributed by atoms with Crippen molar-refractivity contribution >= 4 is 5.91 Å². The third-order valence-corrected chi connectivity index (χ3v) is 4.91. The fourth-order valence-electron chi connectivity index (χ4n) is 3.49. The number of carbonyl (C=O) groups is 1. The van der Waals surface area contributed by atoms with Crippen LogP contribution in [0.15, 0.2) is 54.6 Å². The number of ether oxygens (including phenoxy) is 1. The Morgan fingerprint density at radius 2 is 1.74 bits per heavy atom. The van der Waals surface area contributed by atoms with Crippen molar-refractivity contribution < 1.29 is 9.53 Å². The SMILES string of the molecule is CC(C)CN1CCC(NC(=O)c2ccc(OCc3ccccc3)cc2)CC1. The number of hydrogen-bond donors (Lipinski definition) is 1. The van der Waals surface area contributed by atoms with Crippen LogP contribution in [0, 0.1) is 5.92 Å². The molecule has 27 heavy (non-hydrogen) atoms. The van der Waals surface area contributed by atoms with Gasteiger partial charge in [-0.15, -0.1) is 0 Å². The second kappa shape index (κ2) is 9.56. The number of nitrogens with one attached hydrogen (secondary N) is 1. The fraction of sp³-hybridized carbons (Fsp3) is 0.435. The summed E-state index contributed by atoms with van der Waals surface area (Å²) in [4.78, 5) is 15.0. The van der Waals surface area contributed by atoms with Crippen LogP contribution in [-0.4, -0.2) is 36.5 Å². The van der Waals surface area contributed by atoms with E-state index in [1.165, 1.54) is 0 Å². The lowest BCUT2D eigenvalue weighted by atomic mass is 10.0. The van der Waals surface area contributed by atoms with E-state index in [-0.39, 0.29) is 11.9 Å². The van der Waals surface area contributed by atoms with Crippen LogP contribution < -0.4 is 10.1 Å². The Morgan fingerprint density at radius 1 is 1.07 bits per heavy atom. The van der Waals surface area contributed by atoms with Gasteiger partial charge in [-0.25, -0.2) is 0 Å². The Hall–Kier alpha value is -2.33. The molecule has 0 atom stereocenters. The summed E-state index contributed by atoms with van der Waals surface area (Å²) in [5, 5.41) is 3.18. The zero-order valence-corrected chi connectivity index (χ0v) is 16.4. The molecule has 3 rings (SSSR count). The maximum absolute atomic E-state index is 12.5. The van der Waals surface area contributed by atoms with E-state index in [2.05, 4.69) is 24.1 Å². The molecule has 0 spiro atoms. The Labute approximate surface area is 162 Å². The van der Waals surface area contributed by atoms with E-state index >= 15 is 0 Å². The quantitative estimate of drug-likeness (QED) is 0.802. The van der Waals surface area contributed by atoms with Gasteiger partial charge in [0.05, 0.1) is 0 Å². The van der Waals surface area contributed by atoms with Crippen molar-refractivity contribution in [1.29, 1.82) is 0 Å². The number of amides is 1. The Kier molecular flexibility index (Phi) is 6.88. The second-order valence-electron chi connectivity index (χ2n) is 7.74. The normalized spacial score (nSPS) is 15.7. The molecule has 144 valence electrons. The van der Waals surface area contributed by atoms with Crippen LogP contribution in [0.5, 0.6) is 5.75 Å². The largest absolute Gasteiger partial charge is 0.489 e. The van der Waals surface area contributed by atoms with Gasteiger partial charge in [-0.2, -0.15) is 0 Å². The van der Waals surface area contributed by atoms with Crippen LogP contribution in [0.3, 0.4) is 0 Å². The van der Waals surface area contributed by atoms with Gasteiger partial charge in [-0.1, -0.05) is 44.2 Å². The minimum atomic E-state index is 0.00641. The standard InChI is InChI=1S/C23H30N2O2/c1-18(2)16-25-14-12-21(13-15-25)24-23(26)20-8-10-22(11-9-20)27-17-19-6-4-3-5-7-19/h3-11,18,21H,12-17H2,1-2H3,(H,24,26). The van der Waals surface area contributed by atoms with E-state index in [0.717, 1.165) is 43.8 Å². The molecule has 1 fully saturated rings. The maximum atomic E-state index is 12.5. The molecule has 2 aromatic carbocycles. The first-order valence-corrected chi connectivity index (χ1v) is 9.90. The van der Waals surface area contributed by atoms with E-state index in [4.69, 9.17) is 4.74 Å². The van der Waals surface area contributed by atoms with Crippen molar-refractivity contribution in [2.75, 3.05) is 19.6 Å². The van der Waals surface area contributed by atoms with Gasteiger partial charge < -0.3 is 15.0 Å². The Morgan fingerprint density at radius 3 is 2.37 bits per heavy atom. The average molecular weight is 367 g/mol. The first-order valence-electron chi connectivity index (χ1n) is 9.90. The predicted octanol–water partition coefficient (Wildman–Crippen LogP) is 4.12. The average Bonchev–Trinajstić information content (AvgIpc) is 2.69. The molecule has 1 heterocycles. The summed E-state index contributed by atoms with van der Waals surface area (Å²) in [5.41, 5.74) is 1.81. The summed E-state index contributed by atoms with van der Waals surface area (Å²) in [6, 6.07) is 17.7. The lowest BCUT2D eigenvalue weighted by molar-refractivity contribution is 0.0907. The molecule has 0 bridgehead atoms. The lowest BCUT2D eigenvalue weighted by Crippen LogP contribution is -2.45. The van der Waals surface area contributed by atoms with Gasteiger partial charge in [0.1, 0.15) is 12.4 Å². The molecule has 1 saturated heterocycles. The molecule has 1 N–H and O–H groups in total. The summed E-state index contributed by atoms with van der Waals surface area (Å²) in [6.45, 7) is 8.30. The maximum Gasteiger partial charge on any atom is 0.251 e. The van der Waals surface area contributed by atoms with E-state index in [0.29, 0.717) is 18.1 Å². The molecule has 4 heteroatoms. The molecule has 4 nitrogen and oxygen atoms in total. The highest BCUT2D eigenvalue weighted by atomic mass is 16.5. The number of piperidine rings is 1. The second-order valence-corrected chi connectivity index (χ2v) is 7.74. The summed E-state index contributed by atoms with van der Waals surface area (Å²) in [6.07, 6.45) is 2.05. The molecular formula is C23H30N2O2. The molecule has 0 aliphatic carbocycles. The number of likely N-dealkylation sites (tertiary alicyclic amines) is 1. The molecule has 1 aliphatic rings. The summed E-state index contributed by atoms with van der Waals surface area (Å²) in [7, 11) is 0. The molecule has 2 aromatic rings. The van der Waals surface area contributed by atoms with Crippen LogP contribution in [0.25, 0.3) is 0 Å². The van der Waals surface area contributed by atoms with Crippen LogP contribution >= 0.6 is 0 Å². The molecule has 0 aromatic heterocycles. The van der Waals surface area contributed by atoms with Crippen LogP contribution in [0.2, 0.25) is 0 Å². The summed E-state index contributed by atoms with van der Waals surface area (Å²) < 4.78 is 5.78. The van der Waals surface area contributed by atoms with Crippen LogP contribution in [0.1, 0.15) is 42.6 Å². The fourth-order valence-corrected chi connectivity index (χ4v) is 3.49. The lowest BCUT2D eigenvalue weighted by Gasteiger charge is -2.33. The zero-order valence-electron chi connectivity index (χ0n) is 16.4. The van der Waals surface area contributed by atoms with Crippen LogP contribution in [0.4, 0.5) is 0 Å². The van der Waals surface area contributed by atoms with Crippen molar-refractivity contribution in [3.8, 4) is 5.75 Å². The molecule has 1 aliphatic heterocycles. The van der Waals surface area contributed by atoms with Gasteiger partial charge in [0, 0.05) is 31.2 Å². The van der Waals surface area contributed by atoms with Gasteiger partial charge in [-0.3, -0.25) is 4.79 Å². The minimum absolute atomic E-state index is 0.00641. The first-order chi connectivity index (χ1) is 13.1. The Bertz CT molecular complexity index is 705. The van der Waals surface area contributed by atoms with E-state index in [1.54, 1.807) is 0 Å². The van der Waals surface area contributed by atoms with Crippen molar-refractivity contribution in [2.24, 2.45) is 5.92 Å². The first kappa shape index (κ1) is 19.4. The summed E-state index contributed by atoms with van der Waals surface area (Å²) >= 11 is 0. The van der Waals surface area contributed by atoms with Crippen LogP contribution in [-0.2, 0) is 6.61 Å². The highest BCUT2D eigenvalue weighted by Gasteiger charge is 2.21. The van der Waals surface area contributed by atoms with Gasteiger partial charge in [0.25, 0.3) is 5.91 Å². The molecule has 1 amide bonds. The van der Waals surface area contributed by atoms with E-state index in [1.807, 2.05) is 54.6 Å². The van der Waals surface area contributed by atoms with Gasteiger partial charge in [0.2, 0.25) is 0 Å². The monoisotopic (exact) mass is 366 g/mol. The predicted molar refractivity (Wildman–Crippen MR) is 109 cm³/mol. The molecular weight excluding hydrogens is 336 g/mol.